The van der Waals surface area contributed by atoms with Gasteiger partial charge in [-0.1, -0.05) is 24.9 Å². The lowest BCUT2D eigenvalue weighted by atomic mass is 9.86. The van der Waals surface area contributed by atoms with Crippen LogP contribution < -0.4 is 5.32 Å². The zero-order valence-electron chi connectivity index (χ0n) is 13.5. The van der Waals surface area contributed by atoms with E-state index in [4.69, 9.17) is 4.52 Å². The van der Waals surface area contributed by atoms with Gasteiger partial charge in [-0.05, 0) is 43.0 Å². The van der Waals surface area contributed by atoms with Crippen LogP contribution in [0.15, 0.2) is 35.1 Å². The first-order chi connectivity index (χ1) is 11.7. The minimum Gasteiger partial charge on any atom is -0.366 e. The van der Waals surface area contributed by atoms with Crippen LogP contribution in [-0.4, -0.2) is 21.2 Å². The number of nitrogens with one attached hydrogen (secondary N) is 1. The lowest BCUT2D eigenvalue weighted by molar-refractivity contribution is 0.349. The van der Waals surface area contributed by atoms with Gasteiger partial charge in [-0.2, -0.15) is 4.98 Å². The van der Waals surface area contributed by atoms with Crippen LogP contribution in [0.4, 0.5) is 10.2 Å². The number of fused-ring (bicyclic) bond motifs is 1. The minimum atomic E-state index is -0.280. The maximum Gasteiger partial charge on any atom is 0.263 e. The van der Waals surface area contributed by atoms with Crippen molar-refractivity contribution >= 4 is 16.9 Å². The Bertz CT molecular complexity index is 846. The van der Waals surface area contributed by atoms with E-state index < -0.39 is 0 Å². The van der Waals surface area contributed by atoms with Crippen molar-refractivity contribution < 1.29 is 8.91 Å². The van der Waals surface area contributed by atoms with Crippen molar-refractivity contribution in [3.8, 4) is 11.3 Å². The Labute approximate surface area is 139 Å². The average Bonchev–Trinajstić information content (AvgIpc) is 3.03. The minimum absolute atomic E-state index is 0.280. The van der Waals surface area contributed by atoms with E-state index in [1.165, 1.54) is 37.7 Å². The molecule has 0 bridgehead atoms. The molecule has 24 heavy (non-hydrogen) atoms. The molecule has 0 aliphatic heterocycles. The molecule has 0 unspecified atom stereocenters. The molecule has 1 saturated carbocycles. The second-order valence-corrected chi connectivity index (χ2v) is 6.45. The normalized spacial score (nSPS) is 21.1. The molecule has 5 nitrogen and oxygen atoms in total. The van der Waals surface area contributed by atoms with Crippen molar-refractivity contribution in [1.82, 2.24) is 15.1 Å². The molecule has 1 fully saturated rings. The molecule has 2 atom stereocenters. The molecule has 6 heteroatoms. The number of benzene rings is 1. The summed E-state index contributed by atoms with van der Waals surface area (Å²) in [6.07, 6.45) is 6.35. The average molecular weight is 326 g/mol. The number of hydrogen-bond acceptors (Lipinski definition) is 5. The smallest absolute Gasteiger partial charge is 0.263 e. The first-order valence-electron chi connectivity index (χ1n) is 8.35. The fourth-order valence-electron chi connectivity index (χ4n) is 3.41. The van der Waals surface area contributed by atoms with E-state index in [1.54, 1.807) is 12.1 Å². The summed E-state index contributed by atoms with van der Waals surface area (Å²) in [4.78, 5) is 8.58. The fourth-order valence-corrected chi connectivity index (χ4v) is 3.41. The van der Waals surface area contributed by atoms with Crippen LogP contribution >= 0.6 is 0 Å². The number of hydrogen-bond donors (Lipinski definition) is 1. The summed E-state index contributed by atoms with van der Waals surface area (Å²) in [5, 5.41) is 8.44. The van der Waals surface area contributed by atoms with E-state index in [0.717, 1.165) is 23.2 Å². The van der Waals surface area contributed by atoms with Gasteiger partial charge in [-0.25, -0.2) is 9.37 Å². The Balaban J connectivity index is 1.75. The topological polar surface area (TPSA) is 63.8 Å². The van der Waals surface area contributed by atoms with Gasteiger partial charge in [0, 0.05) is 11.6 Å². The molecular formula is C18H19FN4O. The predicted molar refractivity (Wildman–Crippen MR) is 90.0 cm³/mol. The maximum absolute atomic E-state index is 13.2. The molecule has 0 spiro atoms. The van der Waals surface area contributed by atoms with Gasteiger partial charge in [0.1, 0.15) is 29.0 Å². The van der Waals surface area contributed by atoms with Gasteiger partial charge in [-0.15, -0.1) is 0 Å². The van der Waals surface area contributed by atoms with E-state index in [0.29, 0.717) is 23.4 Å². The second-order valence-electron chi connectivity index (χ2n) is 6.45. The maximum atomic E-state index is 13.2. The molecule has 1 aliphatic rings. The van der Waals surface area contributed by atoms with Crippen LogP contribution in [0, 0.1) is 11.7 Å². The highest BCUT2D eigenvalue weighted by molar-refractivity contribution is 5.97. The van der Waals surface area contributed by atoms with Crippen molar-refractivity contribution in [2.24, 2.45) is 5.92 Å². The van der Waals surface area contributed by atoms with Crippen LogP contribution in [0.3, 0.4) is 0 Å². The van der Waals surface area contributed by atoms with Gasteiger partial charge in [0.05, 0.1) is 0 Å². The van der Waals surface area contributed by atoms with Gasteiger partial charge in [0.15, 0.2) is 0 Å². The zero-order valence-corrected chi connectivity index (χ0v) is 13.5. The summed E-state index contributed by atoms with van der Waals surface area (Å²) in [5.41, 5.74) is 1.86. The second kappa shape index (κ2) is 6.19. The monoisotopic (exact) mass is 326 g/mol. The highest BCUT2D eigenvalue weighted by Gasteiger charge is 2.24. The van der Waals surface area contributed by atoms with E-state index in [9.17, 15) is 4.39 Å². The van der Waals surface area contributed by atoms with Crippen LogP contribution in [-0.2, 0) is 0 Å². The third-order valence-corrected chi connectivity index (χ3v) is 4.82. The van der Waals surface area contributed by atoms with Crippen LogP contribution in [0.25, 0.3) is 22.4 Å². The molecule has 1 aliphatic carbocycles. The van der Waals surface area contributed by atoms with E-state index >= 15 is 0 Å². The number of anilines is 1. The Morgan fingerprint density at radius 3 is 2.71 bits per heavy atom. The Hall–Kier alpha value is -2.50. The molecule has 3 aromatic rings. The Morgan fingerprint density at radius 1 is 1.12 bits per heavy atom. The number of nitrogens with zero attached hydrogens (tertiary/aromatic N) is 3. The van der Waals surface area contributed by atoms with Gasteiger partial charge in [-0.3, -0.25) is 0 Å². The number of aromatic nitrogens is 3. The third kappa shape index (κ3) is 2.72. The van der Waals surface area contributed by atoms with E-state index in [-0.39, 0.29) is 5.82 Å². The Morgan fingerprint density at radius 2 is 1.92 bits per heavy atom. The van der Waals surface area contributed by atoms with Crippen molar-refractivity contribution in [1.29, 1.82) is 0 Å². The summed E-state index contributed by atoms with van der Waals surface area (Å²) < 4.78 is 18.5. The van der Waals surface area contributed by atoms with Crippen molar-refractivity contribution in [3.63, 3.8) is 0 Å². The van der Waals surface area contributed by atoms with Crippen LogP contribution in [0.1, 0.15) is 32.6 Å². The molecule has 0 amide bonds. The van der Waals surface area contributed by atoms with Gasteiger partial charge in [0.2, 0.25) is 0 Å². The summed E-state index contributed by atoms with van der Waals surface area (Å²) in [6, 6.07) is 6.58. The Kier molecular flexibility index (Phi) is 3.88. The van der Waals surface area contributed by atoms with Gasteiger partial charge >= 0.3 is 0 Å². The molecule has 2 aromatic heterocycles. The van der Waals surface area contributed by atoms with E-state index in [2.05, 4.69) is 27.4 Å². The summed E-state index contributed by atoms with van der Waals surface area (Å²) >= 11 is 0. The van der Waals surface area contributed by atoms with Crippen LogP contribution in [0.5, 0.6) is 0 Å². The molecule has 0 radical (unpaired) electrons. The number of rotatable bonds is 3. The molecular weight excluding hydrogens is 307 g/mol. The van der Waals surface area contributed by atoms with Gasteiger partial charge < -0.3 is 9.84 Å². The summed E-state index contributed by atoms with van der Waals surface area (Å²) in [6.45, 7) is 2.27. The zero-order chi connectivity index (χ0) is 16.5. The number of halogens is 1. The largest absolute Gasteiger partial charge is 0.366 e. The molecule has 1 aromatic carbocycles. The summed E-state index contributed by atoms with van der Waals surface area (Å²) in [5.74, 6) is 1.05. The van der Waals surface area contributed by atoms with Crippen LogP contribution in [0.2, 0.25) is 0 Å². The predicted octanol–water partition coefficient (Wildman–Crippen LogP) is 4.41. The highest BCUT2D eigenvalue weighted by atomic mass is 19.1. The first-order valence-corrected chi connectivity index (χ1v) is 8.35. The first kappa shape index (κ1) is 15.1. The SMILES string of the molecule is C[C@@H]1CCCC[C@@H]1Nc1ncnc2onc(-c3ccc(F)cc3)c12. The quantitative estimate of drug-likeness (QED) is 0.772. The molecule has 2 heterocycles. The fraction of sp³-hybridized carbons (Fsp3) is 0.389. The third-order valence-electron chi connectivity index (χ3n) is 4.82. The highest BCUT2D eigenvalue weighted by Crippen LogP contribution is 2.33. The van der Waals surface area contributed by atoms with Gasteiger partial charge in [0.25, 0.3) is 5.71 Å². The molecule has 4 rings (SSSR count). The summed E-state index contributed by atoms with van der Waals surface area (Å²) in [7, 11) is 0. The van der Waals surface area contributed by atoms with Crippen molar-refractivity contribution in [3.05, 3.63) is 36.4 Å². The van der Waals surface area contributed by atoms with Crippen molar-refractivity contribution in [2.75, 3.05) is 5.32 Å². The molecule has 124 valence electrons. The lowest BCUT2D eigenvalue weighted by Crippen LogP contribution is -2.30. The van der Waals surface area contributed by atoms with Crippen molar-refractivity contribution in [2.45, 2.75) is 38.6 Å². The standard InChI is InChI=1S/C18H19FN4O/c1-11-4-2-3-5-14(11)22-17-15-16(12-6-8-13(19)9-7-12)23-24-18(15)21-10-20-17/h6-11,14H,2-5H2,1H3,(H,20,21,22)/t11-,14+/m1/s1. The van der Waals surface area contributed by atoms with E-state index in [1.807, 2.05) is 0 Å². The molecule has 1 N–H and O–H groups in total. The lowest BCUT2D eigenvalue weighted by Gasteiger charge is -2.30. The molecule has 0 saturated heterocycles.